The first-order valence-electron chi connectivity index (χ1n) is 16.4. The maximum absolute atomic E-state index is 13.5. The number of rotatable bonds is 12. The Hall–Kier alpha value is -5.05. The Morgan fingerprint density at radius 2 is 1.58 bits per heavy atom. The highest BCUT2D eigenvalue weighted by Crippen LogP contribution is 2.27. The van der Waals surface area contributed by atoms with Crippen LogP contribution in [0.3, 0.4) is 0 Å². The third-order valence-electron chi connectivity index (χ3n) is 8.10. The van der Waals surface area contributed by atoms with Gasteiger partial charge in [-0.1, -0.05) is 48.5 Å². The van der Waals surface area contributed by atoms with E-state index in [1.165, 1.54) is 10.5 Å². The van der Waals surface area contributed by atoms with Crippen LogP contribution in [0.5, 0.6) is 11.5 Å². The zero-order valence-corrected chi connectivity index (χ0v) is 28.1. The average Bonchev–Trinajstić information content (AvgIpc) is 3.08. The number of para-hydroxylation sites is 1. The van der Waals surface area contributed by atoms with Crippen LogP contribution >= 0.6 is 0 Å². The van der Waals surface area contributed by atoms with Crippen LogP contribution in [-0.4, -0.2) is 67.9 Å². The highest BCUT2D eigenvalue weighted by Gasteiger charge is 2.38. The van der Waals surface area contributed by atoms with Crippen molar-refractivity contribution < 1.29 is 33.3 Å². The summed E-state index contributed by atoms with van der Waals surface area (Å²) in [7, 11) is 1.69. The van der Waals surface area contributed by atoms with E-state index < -0.39 is 23.7 Å². The Kier molecular flexibility index (Phi) is 11.2. The smallest absolute Gasteiger partial charge is 0.410 e. The van der Waals surface area contributed by atoms with Crippen molar-refractivity contribution in [2.24, 2.45) is 0 Å². The first-order chi connectivity index (χ1) is 23.1. The standard InChI is InChI=1S/C39H44N2O7/c1-39(2,3)48-38(44)40-25-33(27-47-37(43)31-18-17-28-12-7-8-15-30(28)24-31)41(36(42)26-40)32-19-21-34(22-20-32)46-23-11-5-6-13-29-14-9-10-16-35(29)45-4/h7-10,12,14-22,24,33H,5-6,11,13,23,25-27H2,1-4H3/t33-/m1/s1. The lowest BCUT2D eigenvalue weighted by Crippen LogP contribution is -2.60. The summed E-state index contributed by atoms with van der Waals surface area (Å²) in [5, 5.41) is 1.94. The fraction of sp³-hybridized carbons (Fsp3) is 0.359. The van der Waals surface area contributed by atoms with Crippen LogP contribution in [0.1, 0.15) is 56.0 Å². The number of benzene rings is 4. The number of fused-ring (bicyclic) bond motifs is 1. The summed E-state index contributed by atoms with van der Waals surface area (Å²) in [5.74, 6) is 0.809. The monoisotopic (exact) mass is 652 g/mol. The van der Waals surface area contributed by atoms with Gasteiger partial charge in [-0.05, 0) is 105 Å². The van der Waals surface area contributed by atoms with Crippen LogP contribution in [0, 0.1) is 0 Å². The largest absolute Gasteiger partial charge is 0.496 e. The first-order valence-corrected chi connectivity index (χ1v) is 16.4. The number of esters is 1. The van der Waals surface area contributed by atoms with Gasteiger partial charge in [-0.15, -0.1) is 0 Å². The van der Waals surface area contributed by atoms with Crippen LogP contribution < -0.4 is 14.4 Å². The van der Waals surface area contributed by atoms with E-state index in [9.17, 15) is 14.4 Å². The number of aryl methyl sites for hydroxylation is 1. The number of nitrogens with zero attached hydrogens (tertiary/aromatic N) is 2. The molecule has 9 heteroatoms. The molecule has 0 saturated carbocycles. The second-order valence-electron chi connectivity index (χ2n) is 12.9. The molecule has 0 bridgehead atoms. The molecule has 0 aromatic heterocycles. The third-order valence-corrected chi connectivity index (χ3v) is 8.10. The van der Waals surface area contributed by atoms with Crippen molar-refractivity contribution in [2.45, 2.75) is 58.1 Å². The fourth-order valence-electron chi connectivity index (χ4n) is 5.76. The molecule has 0 aliphatic carbocycles. The highest BCUT2D eigenvalue weighted by atomic mass is 16.6. The number of unbranched alkanes of at least 4 members (excludes halogenated alkanes) is 2. The van der Waals surface area contributed by atoms with Crippen LogP contribution in [0.2, 0.25) is 0 Å². The average molecular weight is 653 g/mol. The van der Waals surface area contributed by atoms with Crippen LogP contribution in [0.15, 0.2) is 91.0 Å². The topological polar surface area (TPSA) is 94.6 Å². The van der Waals surface area contributed by atoms with Crippen molar-refractivity contribution in [3.63, 3.8) is 0 Å². The van der Waals surface area contributed by atoms with Gasteiger partial charge in [0.15, 0.2) is 0 Å². The van der Waals surface area contributed by atoms with Gasteiger partial charge in [0, 0.05) is 12.2 Å². The maximum Gasteiger partial charge on any atom is 0.410 e. The molecule has 0 unspecified atom stereocenters. The zero-order chi connectivity index (χ0) is 34.1. The second kappa shape index (κ2) is 15.7. The summed E-state index contributed by atoms with van der Waals surface area (Å²) >= 11 is 0. The van der Waals surface area contributed by atoms with Gasteiger partial charge in [-0.25, -0.2) is 9.59 Å². The fourth-order valence-corrected chi connectivity index (χ4v) is 5.76. The molecule has 48 heavy (non-hydrogen) atoms. The summed E-state index contributed by atoms with van der Waals surface area (Å²) in [6.07, 6.45) is 3.33. The normalized spacial score (nSPS) is 14.9. The van der Waals surface area contributed by atoms with Crippen molar-refractivity contribution in [2.75, 3.05) is 38.3 Å². The van der Waals surface area contributed by atoms with E-state index in [0.717, 1.165) is 42.2 Å². The van der Waals surface area contributed by atoms with Crippen molar-refractivity contribution in [1.29, 1.82) is 0 Å². The van der Waals surface area contributed by atoms with Crippen molar-refractivity contribution in [3.05, 3.63) is 102 Å². The van der Waals surface area contributed by atoms with Gasteiger partial charge in [-0.2, -0.15) is 0 Å². The molecular weight excluding hydrogens is 608 g/mol. The minimum atomic E-state index is -0.722. The van der Waals surface area contributed by atoms with Gasteiger partial charge in [0.2, 0.25) is 5.91 Å². The summed E-state index contributed by atoms with van der Waals surface area (Å²) in [5.41, 5.74) is 1.52. The number of carbonyl (C=O) groups is 3. The van der Waals surface area contributed by atoms with E-state index in [0.29, 0.717) is 23.6 Å². The van der Waals surface area contributed by atoms with Gasteiger partial charge in [-0.3, -0.25) is 9.69 Å². The lowest BCUT2D eigenvalue weighted by atomic mass is 10.1. The van der Waals surface area contributed by atoms with Gasteiger partial charge in [0.1, 0.15) is 30.3 Å². The first kappa shape index (κ1) is 34.3. The summed E-state index contributed by atoms with van der Waals surface area (Å²) < 4.78 is 22.7. The molecule has 2 amide bonds. The number of methoxy groups -OCH3 is 1. The molecule has 1 aliphatic heterocycles. The highest BCUT2D eigenvalue weighted by molar-refractivity contribution is 5.98. The molecule has 252 valence electrons. The van der Waals surface area contributed by atoms with Crippen molar-refractivity contribution in [1.82, 2.24) is 4.90 Å². The lowest BCUT2D eigenvalue weighted by Gasteiger charge is -2.41. The number of piperazine rings is 1. The number of amides is 2. The molecule has 0 spiro atoms. The minimum Gasteiger partial charge on any atom is -0.496 e. The molecule has 1 heterocycles. The number of ether oxygens (including phenoxy) is 4. The molecular formula is C39H44N2O7. The Labute approximate surface area is 282 Å². The number of anilines is 1. The molecule has 4 aromatic rings. The van der Waals surface area contributed by atoms with Crippen LogP contribution in [0.4, 0.5) is 10.5 Å². The number of hydrogen-bond acceptors (Lipinski definition) is 7. The predicted molar refractivity (Wildman–Crippen MR) is 186 cm³/mol. The Morgan fingerprint density at radius 1 is 0.854 bits per heavy atom. The van der Waals surface area contributed by atoms with E-state index in [4.69, 9.17) is 18.9 Å². The predicted octanol–water partition coefficient (Wildman–Crippen LogP) is 7.45. The van der Waals surface area contributed by atoms with Crippen molar-refractivity contribution >= 4 is 34.4 Å². The Balaban J connectivity index is 1.21. The van der Waals surface area contributed by atoms with Gasteiger partial charge in [0.05, 0.1) is 25.3 Å². The number of hydrogen-bond donors (Lipinski definition) is 0. The van der Waals surface area contributed by atoms with Crippen molar-refractivity contribution in [3.8, 4) is 11.5 Å². The van der Waals surface area contributed by atoms with E-state index in [2.05, 4.69) is 6.07 Å². The molecule has 4 aromatic carbocycles. The zero-order valence-electron chi connectivity index (χ0n) is 28.1. The SMILES string of the molecule is COc1ccccc1CCCCCOc1ccc(N2C(=O)CN(C(=O)OC(C)(C)C)C[C@@H]2COC(=O)c2ccc3ccccc3c2)cc1. The van der Waals surface area contributed by atoms with Crippen LogP contribution in [0.25, 0.3) is 10.8 Å². The molecule has 0 N–H and O–H groups in total. The summed E-state index contributed by atoms with van der Waals surface area (Å²) in [6, 6.07) is 27.9. The molecule has 1 aliphatic rings. The van der Waals surface area contributed by atoms with Gasteiger partial charge >= 0.3 is 12.1 Å². The number of carbonyl (C=O) groups excluding carboxylic acids is 3. The molecule has 0 radical (unpaired) electrons. The lowest BCUT2D eigenvalue weighted by molar-refractivity contribution is -0.122. The van der Waals surface area contributed by atoms with E-state index in [-0.39, 0.29) is 25.6 Å². The maximum atomic E-state index is 13.5. The van der Waals surface area contributed by atoms with Gasteiger partial charge < -0.3 is 23.8 Å². The quantitative estimate of drug-likeness (QED) is 0.116. The third kappa shape index (κ3) is 9.06. The minimum absolute atomic E-state index is 0.107. The Bertz CT molecular complexity index is 1710. The molecule has 1 fully saturated rings. The summed E-state index contributed by atoms with van der Waals surface area (Å²) in [4.78, 5) is 42.6. The van der Waals surface area contributed by atoms with E-state index >= 15 is 0 Å². The molecule has 9 nitrogen and oxygen atoms in total. The molecule has 5 rings (SSSR count). The summed E-state index contributed by atoms with van der Waals surface area (Å²) in [6.45, 7) is 5.78. The van der Waals surface area contributed by atoms with E-state index in [1.807, 2.05) is 72.8 Å². The Morgan fingerprint density at radius 3 is 2.33 bits per heavy atom. The van der Waals surface area contributed by atoms with E-state index in [1.54, 1.807) is 44.9 Å². The molecule has 1 atom stereocenters. The van der Waals surface area contributed by atoms with Gasteiger partial charge in [0.25, 0.3) is 0 Å². The van der Waals surface area contributed by atoms with Crippen LogP contribution in [-0.2, 0) is 20.7 Å². The second-order valence-corrected chi connectivity index (χ2v) is 12.9. The molecule has 1 saturated heterocycles.